The number of halogens is 4. The molecule has 4 rings (SSSR count). The van der Waals surface area contributed by atoms with E-state index in [2.05, 4.69) is 46.8 Å². The molecule has 4 nitrogen and oxygen atoms in total. The Morgan fingerprint density at radius 3 is 2.69 bits per heavy atom. The standard InChI is InChI=1S/C21H13Br2Cl2N3O/c22-14-7-13(10-26-21-27-18-3-1-2-4-19(18)28-21)20(16(23)8-14)29-11-12-5-6-15(24)9-17(12)25/h1-10H,11H2,(H,27,28). The normalized spacial score (nSPS) is 11.4. The lowest BCUT2D eigenvalue weighted by Gasteiger charge is -2.13. The van der Waals surface area contributed by atoms with Crippen LogP contribution in [0.4, 0.5) is 5.95 Å². The minimum Gasteiger partial charge on any atom is -0.487 e. The van der Waals surface area contributed by atoms with Crippen LogP contribution in [-0.2, 0) is 6.61 Å². The third kappa shape index (κ3) is 4.83. The van der Waals surface area contributed by atoms with Gasteiger partial charge in [0.05, 0.1) is 15.5 Å². The number of aliphatic imine (C=N–C) groups is 1. The molecule has 0 amide bonds. The number of nitrogens with zero attached hydrogens (tertiary/aromatic N) is 2. The summed E-state index contributed by atoms with van der Waals surface area (Å²) in [5.41, 5.74) is 3.43. The molecule has 1 aromatic heterocycles. The summed E-state index contributed by atoms with van der Waals surface area (Å²) >= 11 is 19.3. The summed E-state index contributed by atoms with van der Waals surface area (Å²) in [4.78, 5) is 12.1. The van der Waals surface area contributed by atoms with E-state index in [0.29, 0.717) is 28.3 Å². The summed E-state index contributed by atoms with van der Waals surface area (Å²) in [6, 6.07) is 17.0. The van der Waals surface area contributed by atoms with Gasteiger partial charge in [0, 0.05) is 31.9 Å². The van der Waals surface area contributed by atoms with E-state index in [1.165, 1.54) is 0 Å². The summed E-state index contributed by atoms with van der Waals surface area (Å²) in [6.07, 6.45) is 1.71. The number of para-hydroxylation sites is 2. The Morgan fingerprint density at radius 1 is 1.07 bits per heavy atom. The first kappa shape index (κ1) is 20.4. The number of aromatic amines is 1. The molecule has 0 radical (unpaired) electrons. The number of hydrogen-bond donors (Lipinski definition) is 1. The number of imidazole rings is 1. The molecule has 3 aromatic carbocycles. The molecule has 0 atom stereocenters. The second-order valence-electron chi connectivity index (χ2n) is 6.17. The SMILES string of the molecule is Clc1ccc(COc2c(Br)cc(Br)cc2C=Nc2nc3ccccc3[nH]2)c(Cl)c1. The predicted octanol–water partition coefficient (Wildman–Crippen LogP) is 7.72. The Hall–Kier alpha value is -1.86. The van der Waals surface area contributed by atoms with Crippen molar-refractivity contribution in [2.45, 2.75) is 6.61 Å². The van der Waals surface area contributed by atoms with Gasteiger partial charge in [-0.15, -0.1) is 0 Å². The second kappa shape index (κ2) is 8.88. The maximum atomic E-state index is 6.26. The van der Waals surface area contributed by atoms with Gasteiger partial charge in [0.15, 0.2) is 0 Å². The van der Waals surface area contributed by atoms with Crippen molar-refractivity contribution in [1.82, 2.24) is 9.97 Å². The molecule has 0 saturated heterocycles. The van der Waals surface area contributed by atoms with Gasteiger partial charge in [-0.2, -0.15) is 0 Å². The van der Waals surface area contributed by atoms with Gasteiger partial charge in [0.25, 0.3) is 0 Å². The fraction of sp³-hybridized carbons (Fsp3) is 0.0476. The number of benzene rings is 3. The molecule has 0 fully saturated rings. The van der Waals surface area contributed by atoms with Gasteiger partial charge < -0.3 is 9.72 Å². The van der Waals surface area contributed by atoms with Gasteiger partial charge >= 0.3 is 0 Å². The van der Waals surface area contributed by atoms with Crippen molar-refractivity contribution >= 4 is 78.3 Å². The van der Waals surface area contributed by atoms with Gasteiger partial charge in [0.1, 0.15) is 12.4 Å². The average molecular weight is 554 g/mol. The molecular weight excluding hydrogens is 541 g/mol. The van der Waals surface area contributed by atoms with Crippen molar-refractivity contribution in [3.05, 3.63) is 84.7 Å². The number of H-pyrrole nitrogens is 1. The molecule has 146 valence electrons. The third-order valence-electron chi connectivity index (χ3n) is 4.13. The van der Waals surface area contributed by atoms with E-state index < -0.39 is 0 Å². The molecule has 4 aromatic rings. The Morgan fingerprint density at radius 2 is 1.90 bits per heavy atom. The number of ether oxygens (including phenoxy) is 1. The Bertz CT molecular complexity index is 1190. The summed E-state index contributed by atoms with van der Waals surface area (Å²) in [6.45, 7) is 0.293. The zero-order valence-corrected chi connectivity index (χ0v) is 19.5. The number of aromatic nitrogens is 2. The van der Waals surface area contributed by atoms with Crippen LogP contribution < -0.4 is 4.74 Å². The molecule has 8 heteroatoms. The van der Waals surface area contributed by atoms with E-state index in [4.69, 9.17) is 27.9 Å². The lowest BCUT2D eigenvalue weighted by atomic mass is 10.2. The van der Waals surface area contributed by atoms with Crippen molar-refractivity contribution in [1.29, 1.82) is 0 Å². The highest BCUT2D eigenvalue weighted by Gasteiger charge is 2.11. The lowest BCUT2D eigenvalue weighted by Crippen LogP contribution is -2.00. The molecule has 0 aliphatic carbocycles. The van der Waals surface area contributed by atoms with Crippen LogP contribution in [0.2, 0.25) is 10.0 Å². The van der Waals surface area contributed by atoms with Crippen LogP contribution in [0.1, 0.15) is 11.1 Å². The van der Waals surface area contributed by atoms with Gasteiger partial charge in [-0.25, -0.2) is 9.98 Å². The van der Waals surface area contributed by atoms with E-state index in [9.17, 15) is 0 Å². The Balaban J connectivity index is 1.62. The second-order valence-corrected chi connectivity index (χ2v) is 8.78. The molecule has 0 aliphatic rings. The molecule has 29 heavy (non-hydrogen) atoms. The molecular formula is C21H13Br2Cl2N3O. The van der Waals surface area contributed by atoms with Crippen LogP contribution in [0.15, 0.2) is 68.5 Å². The molecule has 1 N–H and O–H groups in total. The fourth-order valence-electron chi connectivity index (χ4n) is 2.75. The van der Waals surface area contributed by atoms with E-state index in [-0.39, 0.29) is 0 Å². The number of nitrogens with one attached hydrogen (secondary N) is 1. The summed E-state index contributed by atoms with van der Waals surface area (Å²) in [7, 11) is 0. The van der Waals surface area contributed by atoms with E-state index in [0.717, 1.165) is 31.1 Å². The minimum absolute atomic E-state index is 0.293. The maximum Gasteiger partial charge on any atom is 0.227 e. The monoisotopic (exact) mass is 551 g/mol. The van der Waals surface area contributed by atoms with Crippen LogP contribution in [0.25, 0.3) is 11.0 Å². The Kier molecular flexibility index (Phi) is 6.25. The average Bonchev–Trinajstić information content (AvgIpc) is 3.09. The molecule has 1 heterocycles. The summed E-state index contributed by atoms with van der Waals surface area (Å²) < 4.78 is 7.75. The maximum absolute atomic E-state index is 6.26. The smallest absolute Gasteiger partial charge is 0.227 e. The first-order chi connectivity index (χ1) is 14.0. The van der Waals surface area contributed by atoms with Crippen molar-refractivity contribution in [3.63, 3.8) is 0 Å². The molecule has 0 spiro atoms. The van der Waals surface area contributed by atoms with Crippen molar-refractivity contribution < 1.29 is 4.74 Å². The van der Waals surface area contributed by atoms with Crippen LogP contribution in [0.5, 0.6) is 5.75 Å². The zero-order chi connectivity index (χ0) is 20.4. The van der Waals surface area contributed by atoms with Crippen molar-refractivity contribution in [2.75, 3.05) is 0 Å². The molecule has 0 saturated carbocycles. The van der Waals surface area contributed by atoms with Gasteiger partial charge in [-0.1, -0.05) is 57.3 Å². The highest BCUT2D eigenvalue weighted by Crippen LogP contribution is 2.33. The summed E-state index contributed by atoms with van der Waals surface area (Å²) in [5.74, 6) is 1.17. The molecule has 0 bridgehead atoms. The van der Waals surface area contributed by atoms with E-state index >= 15 is 0 Å². The van der Waals surface area contributed by atoms with Gasteiger partial charge in [-0.05, 0) is 52.3 Å². The van der Waals surface area contributed by atoms with Gasteiger partial charge in [-0.3, -0.25) is 0 Å². The fourth-order valence-corrected chi connectivity index (χ4v) is 4.58. The highest BCUT2D eigenvalue weighted by atomic mass is 79.9. The van der Waals surface area contributed by atoms with Gasteiger partial charge in [0.2, 0.25) is 5.95 Å². The van der Waals surface area contributed by atoms with Crippen LogP contribution in [-0.4, -0.2) is 16.2 Å². The predicted molar refractivity (Wildman–Crippen MR) is 126 cm³/mol. The number of hydrogen-bond acceptors (Lipinski definition) is 3. The van der Waals surface area contributed by atoms with Crippen molar-refractivity contribution in [2.24, 2.45) is 4.99 Å². The largest absolute Gasteiger partial charge is 0.487 e. The Labute approximate surface area is 194 Å². The van der Waals surface area contributed by atoms with E-state index in [1.807, 2.05) is 42.5 Å². The van der Waals surface area contributed by atoms with Crippen molar-refractivity contribution in [3.8, 4) is 5.75 Å². The minimum atomic E-state index is 0.293. The topological polar surface area (TPSA) is 50.3 Å². The van der Waals surface area contributed by atoms with Crippen LogP contribution in [0.3, 0.4) is 0 Å². The first-order valence-corrected chi connectivity index (χ1v) is 10.9. The number of fused-ring (bicyclic) bond motifs is 1. The zero-order valence-electron chi connectivity index (χ0n) is 14.8. The third-order valence-corrected chi connectivity index (χ3v) is 5.76. The van der Waals surface area contributed by atoms with Crippen LogP contribution >= 0.6 is 55.1 Å². The van der Waals surface area contributed by atoms with E-state index in [1.54, 1.807) is 18.3 Å². The molecule has 0 aliphatic heterocycles. The lowest BCUT2D eigenvalue weighted by molar-refractivity contribution is 0.304. The number of rotatable bonds is 5. The molecule has 0 unspecified atom stereocenters. The van der Waals surface area contributed by atoms with Crippen LogP contribution in [0, 0.1) is 0 Å². The summed E-state index contributed by atoms with van der Waals surface area (Å²) in [5, 5.41) is 1.14. The quantitative estimate of drug-likeness (QED) is 0.257. The highest BCUT2D eigenvalue weighted by molar-refractivity contribution is 9.11. The first-order valence-electron chi connectivity index (χ1n) is 8.54.